The summed E-state index contributed by atoms with van der Waals surface area (Å²) < 4.78 is 10.3. The Morgan fingerprint density at radius 1 is 0.875 bits per heavy atom. The molecule has 128 valence electrons. The molecule has 0 aromatic heterocycles. The third kappa shape index (κ3) is 5.72. The van der Waals surface area contributed by atoms with Gasteiger partial charge in [0.1, 0.15) is 10.1 Å². The zero-order valence-electron chi connectivity index (χ0n) is 12.3. The van der Waals surface area contributed by atoms with Crippen molar-refractivity contribution in [3.63, 3.8) is 0 Å². The minimum atomic E-state index is -0.396. The molecule has 0 spiro atoms. The van der Waals surface area contributed by atoms with Gasteiger partial charge in [0.05, 0.1) is 14.2 Å². The van der Waals surface area contributed by atoms with E-state index in [1.807, 2.05) is 0 Å². The van der Waals surface area contributed by atoms with E-state index in [9.17, 15) is 9.59 Å². The van der Waals surface area contributed by atoms with E-state index in [0.717, 1.165) is 0 Å². The van der Waals surface area contributed by atoms with E-state index in [2.05, 4.69) is 0 Å². The number of allylic oxidation sites excluding steroid dienone is 2. The highest BCUT2D eigenvalue weighted by molar-refractivity contribution is 8.89. The van der Waals surface area contributed by atoms with Gasteiger partial charge < -0.3 is 9.47 Å². The number of ketones is 2. The fourth-order valence-electron chi connectivity index (χ4n) is 1.45. The molecule has 0 unspecified atom stereocenters. The molecule has 10 heteroatoms. The summed E-state index contributed by atoms with van der Waals surface area (Å²) in [7, 11) is 5.58. The predicted molar refractivity (Wildman–Crippen MR) is 108 cm³/mol. The summed E-state index contributed by atoms with van der Waals surface area (Å²) in [6, 6.07) is 6.46. The number of rotatable bonds is 0. The van der Waals surface area contributed by atoms with Crippen LogP contribution >= 0.6 is 69.2 Å². The number of ether oxygens (including phenoxy) is 2. The highest BCUT2D eigenvalue weighted by Crippen LogP contribution is 2.30. The molecule has 0 radical (unpaired) electrons. The van der Waals surface area contributed by atoms with Crippen LogP contribution in [0.4, 0.5) is 0 Å². The fourth-order valence-corrected chi connectivity index (χ4v) is 3.53. The second kappa shape index (κ2) is 10.4. The van der Waals surface area contributed by atoms with E-state index in [1.165, 1.54) is 35.8 Å². The number of carbonyl (C=O) groups is 2. The molecule has 0 fully saturated rings. The van der Waals surface area contributed by atoms with Crippen LogP contribution in [0.3, 0.4) is 0 Å². The van der Waals surface area contributed by atoms with Gasteiger partial charge in [-0.1, -0.05) is 47.5 Å². The molecular weight excluding hydrogens is 431 g/mol. The first-order valence-electron chi connectivity index (χ1n) is 6.07. The van der Waals surface area contributed by atoms with Crippen molar-refractivity contribution in [2.75, 3.05) is 14.2 Å². The van der Waals surface area contributed by atoms with Crippen molar-refractivity contribution in [2.45, 2.75) is 0 Å². The maximum atomic E-state index is 11.5. The van der Waals surface area contributed by atoms with Crippen molar-refractivity contribution >= 4 is 89.6 Å². The summed E-state index contributed by atoms with van der Waals surface area (Å²) in [6.07, 6.45) is 0. The molecule has 1 aliphatic carbocycles. The molecule has 2 rings (SSSR count). The van der Waals surface area contributed by atoms with Gasteiger partial charge in [-0.15, -0.1) is 0 Å². The van der Waals surface area contributed by atoms with Crippen molar-refractivity contribution in [2.24, 2.45) is 0 Å². The number of methoxy groups -OCH3 is 2. The van der Waals surface area contributed by atoms with E-state index < -0.39 is 11.6 Å². The number of carbonyl (C=O) groups excluding carboxylic acids is 2. The maximum absolute atomic E-state index is 11.5. The van der Waals surface area contributed by atoms with E-state index in [4.69, 9.17) is 57.1 Å². The first-order chi connectivity index (χ1) is 11.3. The number of benzene rings is 1. The molecule has 0 bridgehead atoms. The Bertz CT molecular complexity index is 659. The van der Waals surface area contributed by atoms with Crippen LogP contribution in [-0.4, -0.2) is 34.6 Å². The standard InChI is InChI=1S/C10H4Cl2O2.C4H6O2S4/c11-7-8(12)10(14)6-4-2-1-3-5(6)9(7)13;1-5-3(7)9-10-4(8)6-2/h1-4H;1-2H3. The summed E-state index contributed by atoms with van der Waals surface area (Å²) in [6.45, 7) is 0. The SMILES string of the molecule is COC(=S)SSC(=S)OC.O=C1C(Cl)=C(Cl)C(=O)c2ccccc21. The van der Waals surface area contributed by atoms with Crippen molar-refractivity contribution in [1.29, 1.82) is 0 Å². The number of fused-ring (bicyclic) bond motifs is 1. The molecule has 1 aromatic carbocycles. The Morgan fingerprint density at radius 3 is 1.50 bits per heavy atom. The zero-order valence-corrected chi connectivity index (χ0v) is 17.1. The normalized spacial score (nSPS) is 12.8. The second-order valence-corrected chi connectivity index (χ2v) is 8.00. The van der Waals surface area contributed by atoms with Crippen molar-refractivity contribution in [3.05, 3.63) is 45.5 Å². The summed E-state index contributed by atoms with van der Waals surface area (Å²) >= 11 is 20.7. The Morgan fingerprint density at radius 2 is 1.21 bits per heavy atom. The lowest BCUT2D eigenvalue weighted by atomic mass is 9.95. The van der Waals surface area contributed by atoms with Crippen LogP contribution in [0.5, 0.6) is 0 Å². The molecule has 4 nitrogen and oxygen atoms in total. The van der Waals surface area contributed by atoms with Crippen LogP contribution in [0.1, 0.15) is 20.7 Å². The van der Waals surface area contributed by atoms with Crippen molar-refractivity contribution in [3.8, 4) is 0 Å². The lowest BCUT2D eigenvalue weighted by Gasteiger charge is -2.12. The monoisotopic (exact) mass is 440 g/mol. The Kier molecular flexibility index (Phi) is 9.25. The molecular formula is C14H10Cl2O4S4. The van der Waals surface area contributed by atoms with Gasteiger partial charge in [-0.3, -0.25) is 9.59 Å². The highest BCUT2D eigenvalue weighted by Gasteiger charge is 2.29. The Balaban J connectivity index is 0.000000257. The van der Waals surface area contributed by atoms with Crippen molar-refractivity contribution in [1.82, 2.24) is 0 Å². The van der Waals surface area contributed by atoms with E-state index in [0.29, 0.717) is 19.9 Å². The lowest BCUT2D eigenvalue weighted by Crippen LogP contribution is -2.17. The summed E-state index contributed by atoms with van der Waals surface area (Å²) in [5.41, 5.74) is 0.624. The zero-order chi connectivity index (χ0) is 18.3. The topological polar surface area (TPSA) is 52.6 Å². The smallest absolute Gasteiger partial charge is 0.231 e. The van der Waals surface area contributed by atoms with Gasteiger partial charge in [0.25, 0.3) is 0 Å². The number of hydrogen-bond acceptors (Lipinski definition) is 8. The van der Waals surface area contributed by atoms with E-state index in [1.54, 1.807) is 24.3 Å². The average molecular weight is 441 g/mol. The lowest BCUT2D eigenvalue weighted by molar-refractivity contribution is 0.0987. The summed E-state index contributed by atoms with van der Waals surface area (Å²) in [5.74, 6) is -0.793. The average Bonchev–Trinajstić information content (AvgIpc) is 2.62. The maximum Gasteiger partial charge on any atom is 0.231 e. The first-order valence-corrected chi connectivity index (χ1v) is 9.79. The molecule has 24 heavy (non-hydrogen) atoms. The number of hydrogen-bond donors (Lipinski definition) is 0. The van der Waals surface area contributed by atoms with Gasteiger partial charge in [0, 0.05) is 32.7 Å². The van der Waals surface area contributed by atoms with Crippen LogP contribution in [0, 0.1) is 0 Å². The molecule has 0 amide bonds. The molecule has 0 atom stereocenters. The van der Waals surface area contributed by atoms with Crippen LogP contribution < -0.4 is 0 Å². The fraction of sp³-hybridized carbons (Fsp3) is 0.143. The third-order valence-corrected chi connectivity index (χ3v) is 6.65. The molecule has 0 saturated carbocycles. The Hall–Kier alpha value is -0.640. The quantitative estimate of drug-likeness (QED) is 0.413. The van der Waals surface area contributed by atoms with Crippen LogP contribution in [0.15, 0.2) is 34.3 Å². The van der Waals surface area contributed by atoms with Crippen LogP contribution in [0.2, 0.25) is 0 Å². The van der Waals surface area contributed by atoms with Gasteiger partial charge in [0.15, 0.2) is 0 Å². The van der Waals surface area contributed by atoms with E-state index >= 15 is 0 Å². The minimum absolute atomic E-state index is 0.199. The Labute approximate surface area is 167 Å². The van der Waals surface area contributed by atoms with Gasteiger partial charge in [0.2, 0.25) is 20.3 Å². The van der Waals surface area contributed by atoms with Gasteiger partial charge >= 0.3 is 0 Å². The van der Waals surface area contributed by atoms with E-state index in [-0.39, 0.29) is 10.1 Å². The minimum Gasteiger partial charge on any atom is -0.481 e. The predicted octanol–water partition coefficient (Wildman–Crippen LogP) is 4.99. The van der Waals surface area contributed by atoms with Crippen molar-refractivity contribution < 1.29 is 19.1 Å². The largest absolute Gasteiger partial charge is 0.481 e. The van der Waals surface area contributed by atoms with Crippen LogP contribution in [0.25, 0.3) is 0 Å². The van der Waals surface area contributed by atoms with Gasteiger partial charge in [-0.2, -0.15) is 0 Å². The number of halogens is 2. The highest BCUT2D eigenvalue weighted by atomic mass is 35.5. The second-order valence-electron chi connectivity index (χ2n) is 3.91. The molecule has 0 aliphatic heterocycles. The first kappa shape index (κ1) is 21.4. The van der Waals surface area contributed by atoms with Gasteiger partial charge in [-0.25, -0.2) is 0 Å². The third-order valence-electron chi connectivity index (χ3n) is 2.52. The number of Topliss-reactive ketones (excluding diaryl/α,β-unsaturated/α-hetero) is 2. The molecule has 1 aromatic rings. The summed E-state index contributed by atoms with van der Waals surface area (Å²) in [5, 5.41) is -0.397. The molecule has 0 N–H and O–H groups in total. The summed E-state index contributed by atoms with van der Waals surface area (Å²) in [4.78, 5) is 23.1. The molecule has 1 aliphatic rings. The van der Waals surface area contributed by atoms with Gasteiger partial charge in [-0.05, 0) is 24.4 Å². The molecule has 0 heterocycles. The number of thiocarbonyl (C=S) groups is 2. The van der Waals surface area contributed by atoms with Crippen LogP contribution in [-0.2, 0) is 9.47 Å². The molecule has 0 saturated heterocycles.